The number of nitrogens with zero attached hydrogens (tertiary/aromatic N) is 3. The minimum atomic E-state index is 0.627. The maximum atomic E-state index is 5.40. The summed E-state index contributed by atoms with van der Waals surface area (Å²) in [5.41, 5.74) is 0. The van der Waals surface area contributed by atoms with E-state index in [1.54, 1.807) is 0 Å². The van der Waals surface area contributed by atoms with Crippen LogP contribution in [0.25, 0.3) is 0 Å². The van der Waals surface area contributed by atoms with Gasteiger partial charge in [-0.05, 0) is 24.7 Å². The molecule has 1 N–H and O–H groups in total. The third-order valence-corrected chi connectivity index (χ3v) is 4.45. The van der Waals surface area contributed by atoms with Gasteiger partial charge in [-0.3, -0.25) is 9.89 Å². The second kappa shape index (κ2) is 8.59. The molecule has 0 aromatic carbocycles. The van der Waals surface area contributed by atoms with Gasteiger partial charge >= 0.3 is 0 Å². The minimum absolute atomic E-state index is 0.627. The van der Waals surface area contributed by atoms with Crippen LogP contribution in [0.2, 0.25) is 0 Å². The average molecular weight is 296 g/mol. The van der Waals surface area contributed by atoms with Gasteiger partial charge in [0.1, 0.15) is 0 Å². The summed E-state index contributed by atoms with van der Waals surface area (Å²) >= 11 is 0. The molecular formula is C16H32N4O. The molecule has 2 atom stereocenters. The number of nitrogens with one attached hydrogen (secondary N) is 1. The molecule has 5 heteroatoms. The molecule has 2 heterocycles. The summed E-state index contributed by atoms with van der Waals surface area (Å²) in [6, 6.07) is 0. The molecule has 122 valence electrons. The van der Waals surface area contributed by atoms with Crippen molar-refractivity contribution in [2.75, 3.05) is 59.5 Å². The van der Waals surface area contributed by atoms with Crippen molar-refractivity contribution in [2.45, 2.75) is 26.7 Å². The lowest BCUT2D eigenvalue weighted by molar-refractivity contribution is 0.0320. The van der Waals surface area contributed by atoms with Gasteiger partial charge < -0.3 is 15.0 Å². The number of guanidine groups is 1. The van der Waals surface area contributed by atoms with Crippen LogP contribution in [-0.4, -0.2) is 75.3 Å². The maximum absolute atomic E-state index is 5.40. The molecule has 0 spiro atoms. The van der Waals surface area contributed by atoms with Crippen LogP contribution in [0.5, 0.6) is 0 Å². The van der Waals surface area contributed by atoms with E-state index in [-0.39, 0.29) is 0 Å². The first-order valence-electron chi connectivity index (χ1n) is 8.44. The Balaban J connectivity index is 1.71. The molecule has 2 saturated heterocycles. The van der Waals surface area contributed by atoms with E-state index in [4.69, 9.17) is 4.74 Å². The summed E-state index contributed by atoms with van der Waals surface area (Å²) in [7, 11) is 1.90. The number of morpholine rings is 1. The summed E-state index contributed by atoms with van der Waals surface area (Å²) in [6.07, 6.45) is 2.63. The molecule has 0 aromatic rings. The zero-order valence-electron chi connectivity index (χ0n) is 14.0. The Morgan fingerprint density at radius 2 is 2.10 bits per heavy atom. The van der Waals surface area contributed by atoms with Gasteiger partial charge in [0.15, 0.2) is 5.96 Å². The Morgan fingerprint density at radius 1 is 1.33 bits per heavy atom. The largest absolute Gasteiger partial charge is 0.379 e. The van der Waals surface area contributed by atoms with Crippen LogP contribution in [0.3, 0.4) is 0 Å². The number of piperidine rings is 1. The molecule has 0 aliphatic carbocycles. The van der Waals surface area contributed by atoms with E-state index in [2.05, 4.69) is 34.0 Å². The van der Waals surface area contributed by atoms with Crippen LogP contribution in [0.4, 0.5) is 0 Å². The Morgan fingerprint density at radius 3 is 2.76 bits per heavy atom. The lowest BCUT2D eigenvalue weighted by atomic mass is 10.0. The minimum Gasteiger partial charge on any atom is -0.379 e. The molecule has 0 aromatic heterocycles. The first kappa shape index (κ1) is 16.6. The molecule has 0 saturated carbocycles. The average Bonchev–Trinajstić information content (AvgIpc) is 2.49. The smallest absolute Gasteiger partial charge is 0.193 e. The van der Waals surface area contributed by atoms with E-state index in [0.717, 1.165) is 64.4 Å². The van der Waals surface area contributed by atoms with Crippen molar-refractivity contribution in [1.29, 1.82) is 0 Å². The second-order valence-corrected chi connectivity index (χ2v) is 6.64. The van der Waals surface area contributed by atoms with Crippen LogP contribution in [-0.2, 0) is 4.74 Å². The molecule has 0 amide bonds. The van der Waals surface area contributed by atoms with Crippen molar-refractivity contribution in [1.82, 2.24) is 15.1 Å². The lowest BCUT2D eigenvalue weighted by Gasteiger charge is -2.34. The predicted molar refractivity (Wildman–Crippen MR) is 87.8 cm³/mol. The van der Waals surface area contributed by atoms with E-state index < -0.39 is 0 Å². The molecule has 2 rings (SSSR count). The van der Waals surface area contributed by atoms with Crippen molar-refractivity contribution < 1.29 is 4.74 Å². The van der Waals surface area contributed by atoms with Crippen molar-refractivity contribution in [2.24, 2.45) is 16.8 Å². The lowest BCUT2D eigenvalue weighted by Crippen LogP contribution is -2.48. The second-order valence-electron chi connectivity index (χ2n) is 6.64. The first-order chi connectivity index (χ1) is 10.2. The van der Waals surface area contributed by atoms with E-state index in [0.29, 0.717) is 5.92 Å². The van der Waals surface area contributed by atoms with Gasteiger partial charge in [0.05, 0.1) is 13.2 Å². The number of rotatable bonds is 4. The molecule has 2 fully saturated rings. The van der Waals surface area contributed by atoms with Crippen LogP contribution in [0.1, 0.15) is 26.7 Å². The number of aliphatic imine (C=N–C) groups is 1. The van der Waals surface area contributed by atoms with Crippen LogP contribution >= 0.6 is 0 Å². The van der Waals surface area contributed by atoms with E-state index in [1.165, 1.54) is 12.8 Å². The molecule has 21 heavy (non-hydrogen) atoms. The maximum Gasteiger partial charge on any atom is 0.193 e. The van der Waals surface area contributed by atoms with Crippen molar-refractivity contribution in [3.8, 4) is 0 Å². The monoisotopic (exact) mass is 296 g/mol. The SMILES string of the molecule is CN=C(NCC(C)CN1CCOCC1)N1CCCC(C)C1. The molecule has 0 bridgehead atoms. The number of hydrogen-bond donors (Lipinski definition) is 1. The molecule has 0 radical (unpaired) electrons. The quantitative estimate of drug-likeness (QED) is 0.626. The molecular weight excluding hydrogens is 264 g/mol. The third kappa shape index (κ3) is 5.47. The van der Waals surface area contributed by atoms with Crippen molar-refractivity contribution in [3.05, 3.63) is 0 Å². The summed E-state index contributed by atoms with van der Waals surface area (Å²) in [4.78, 5) is 9.38. The molecule has 2 aliphatic heterocycles. The van der Waals surface area contributed by atoms with Gasteiger partial charge in [-0.1, -0.05) is 13.8 Å². The van der Waals surface area contributed by atoms with Crippen LogP contribution in [0.15, 0.2) is 4.99 Å². The van der Waals surface area contributed by atoms with Gasteiger partial charge in [0, 0.05) is 46.3 Å². The molecule has 2 unspecified atom stereocenters. The third-order valence-electron chi connectivity index (χ3n) is 4.45. The Kier molecular flexibility index (Phi) is 6.77. The Hall–Kier alpha value is -0.810. The van der Waals surface area contributed by atoms with Crippen molar-refractivity contribution in [3.63, 3.8) is 0 Å². The Bertz CT molecular complexity index is 328. The Labute approximate surface area is 129 Å². The standard InChI is InChI=1S/C16H32N4O/c1-14-5-4-6-20(13-14)16(17-3)18-11-15(2)12-19-7-9-21-10-8-19/h14-15H,4-13H2,1-3H3,(H,17,18). The van der Waals surface area contributed by atoms with Crippen molar-refractivity contribution >= 4 is 5.96 Å². The van der Waals surface area contributed by atoms with Gasteiger partial charge in [0.25, 0.3) is 0 Å². The highest BCUT2D eigenvalue weighted by atomic mass is 16.5. The zero-order chi connectivity index (χ0) is 15.1. The summed E-state index contributed by atoms with van der Waals surface area (Å²) < 4.78 is 5.40. The fourth-order valence-electron chi connectivity index (χ4n) is 3.27. The highest BCUT2D eigenvalue weighted by Crippen LogP contribution is 2.15. The van der Waals surface area contributed by atoms with Crippen LogP contribution < -0.4 is 5.32 Å². The topological polar surface area (TPSA) is 40.1 Å². The predicted octanol–water partition coefficient (Wildman–Crippen LogP) is 1.26. The zero-order valence-corrected chi connectivity index (χ0v) is 14.0. The highest BCUT2D eigenvalue weighted by Gasteiger charge is 2.20. The van der Waals surface area contributed by atoms with E-state index in [9.17, 15) is 0 Å². The van der Waals surface area contributed by atoms with E-state index >= 15 is 0 Å². The number of ether oxygens (including phenoxy) is 1. The summed E-state index contributed by atoms with van der Waals surface area (Å²) in [5.74, 6) is 2.49. The molecule has 5 nitrogen and oxygen atoms in total. The fourth-order valence-corrected chi connectivity index (χ4v) is 3.27. The van der Waals surface area contributed by atoms with Gasteiger partial charge in [-0.2, -0.15) is 0 Å². The van der Waals surface area contributed by atoms with Gasteiger partial charge in [-0.25, -0.2) is 0 Å². The summed E-state index contributed by atoms with van der Waals surface area (Å²) in [6.45, 7) is 13.0. The highest BCUT2D eigenvalue weighted by molar-refractivity contribution is 5.79. The summed E-state index contributed by atoms with van der Waals surface area (Å²) in [5, 5.41) is 3.57. The first-order valence-corrected chi connectivity index (χ1v) is 8.44. The number of likely N-dealkylation sites (tertiary alicyclic amines) is 1. The van der Waals surface area contributed by atoms with Gasteiger partial charge in [0.2, 0.25) is 0 Å². The normalized spacial score (nSPS) is 26.7. The van der Waals surface area contributed by atoms with E-state index in [1.807, 2.05) is 7.05 Å². The molecule has 2 aliphatic rings. The van der Waals surface area contributed by atoms with Gasteiger partial charge in [-0.15, -0.1) is 0 Å². The number of hydrogen-bond acceptors (Lipinski definition) is 3. The fraction of sp³-hybridized carbons (Fsp3) is 0.938. The van der Waals surface area contributed by atoms with Crippen LogP contribution in [0, 0.1) is 11.8 Å².